The maximum atomic E-state index is 11.9. The number of hydrogen-bond donors (Lipinski definition) is 1. The predicted molar refractivity (Wildman–Crippen MR) is 97.3 cm³/mol. The van der Waals surface area contributed by atoms with Gasteiger partial charge in [0, 0.05) is 23.0 Å². The van der Waals surface area contributed by atoms with Gasteiger partial charge in [-0.25, -0.2) is 4.79 Å². The number of ether oxygens (including phenoxy) is 1. The van der Waals surface area contributed by atoms with Crippen LogP contribution in [-0.4, -0.2) is 7.11 Å². The molecule has 1 heterocycles. The maximum Gasteiger partial charge on any atom is 0.336 e. The molecular weight excluding hydrogens is 326 g/mol. The first-order valence-corrected chi connectivity index (χ1v) is 7.97. The molecule has 5 heteroatoms. The SMILES string of the molecule is COc1ccc(Cl)cc1NCc1cc(=O)oc2c(C)c(C)ccc12. The van der Waals surface area contributed by atoms with E-state index in [1.165, 1.54) is 6.07 Å². The molecule has 0 unspecified atom stereocenters. The van der Waals surface area contributed by atoms with E-state index < -0.39 is 0 Å². The molecule has 4 nitrogen and oxygen atoms in total. The molecule has 0 aliphatic rings. The summed E-state index contributed by atoms with van der Waals surface area (Å²) in [5.41, 5.74) is 3.99. The van der Waals surface area contributed by atoms with E-state index >= 15 is 0 Å². The van der Waals surface area contributed by atoms with Crippen molar-refractivity contribution in [1.29, 1.82) is 0 Å². The summed E-state index contributed by atoms with van der Waals surface area (Å²) in [7, 11) is 1.60. The molecule has 0 saturated heterocycles. The van der Waals surface area contributed by atoms with Crippen LogP contribution in [0.3, 0.4) is 0 Å². The number of benzene rings is 2. The largest absolute Gasteiger partial charge is 0.495 e. The Labute approximate surface area is 145 Å². The zero-order chi connectivity index (χ0) is 17.3. The van der Waals surface area contributed by atoms with Gasteiger partial charge in [0.25, 0.3) is 0 Å². The summed E-state index contributed by atoms with van der Waals surface area (Å²) in [5.74, 6) is 0.693. The number of hydrogen-bond acceptors (Lipinski definition) is 4. The van der Waals surface area contributed by atoms with Gasteiger partial charge < -0.3 is 14.5 Å². The van der Waals surface area contributed by atoms with Gasteiger partial charge in [0.2, 0.25) is 0 Å². The van der Waals surface area contributed by atoms with Gasteiger partial charge in [0.1, 0.15) is 11.3 Å². The number of methoxy groups -OCH3 is 1. The zero-order valence-electron chi connectivity index (χ0n) is 13.8. The van der Waals surface area contributed by atoms with E-state index in [2.05, 4.69) is 5.32 Å². The molecule has 2 aromatic carbocycles. The molecule has 0 saturated carbocycles. The first-order chi connectivity index (χ1) is 11.5. The number of rotatable bonds is 4. The Morgan fingerprint density at radius 1 is 1.17 bits per heavy atom. The molecule has 0 bridgehead atoms. The second-order valence-corrected chi connectivity index (χ2v) is 6.11. The fourth-order valence-electron chi connectivity index (χ4n) is 2.68. The quantitative estimate of drug-likeness (QED) is 0.698. The third-order valence-corrected chi connectivity index (χ3v) is 4.38. The topological polar surface area (TPSA) is 51.5 Å². The van der Waals surface area contributed by atoms with Crippen molar-refractivity contribution in [2.24, 2.45) is 0 Å². The average Bonchev–Trinajstić information content (AvgIpc) is 2.56. The van der Waals surface area contributed by atoms with Crippen molar-refractivity contribution < 1.29 is 9.15 Å². The third kappa shape index (κ3) is 3.10. The number of aryl methyl sites for hydroxylation is 2. The van der Waals surface area contributed by atoms with Crippen LogP contribution >= 0.6 is 11.6 Å². The van der Waals surface area contributed by atoms with Crippen LogP contribution in [0.5, 0.6) is 5.75 Å². The van der Waals surface area contributed by atoms with Crippen LogP contribution in [0.4, 0.5) is 5.69 Å². The Morgan fingerprint density at radius 2 is 1.96 bits per heavy atom. The molecule has 124 valence electrons. The Hall–Kier alpha value is -2.46. The van der Waals surface area contributed by atoms with Crippen LogP contribution in [0.2, 0.25) is 5.02 Å². The summed E-state index contributed by atoms with van der Waals surface area (Å²) in [6, 6.07) is 10.9. The first-order valence-electron chi connectivity index (χ1n) is 7.60. The van der Waals surface area contributed by atoms with E-state index in [-0.39, 0.29) is 5.63 Å². The Balaban J connectivity index is 2.01. The van der Waals surface area contributed by atoms with Crippen molar-refractivity contribution >= 4 is 28.3 Å². The zero-order valence-corrected chi connectivity index (χ0v) is 14.5. The van der Waals surface area contributed by atoms with Gasteiger partial charge in [-0.2, -0.15) is 0 Å². The molecule has 0 fully saturated rings. The van der Waals surface area contributed by atoms with Gasteiger partial charge in [-0.05, 0) is 48.7 Å². The minimum atomic E-state index is -0.356. The molecule has 3 aromatic rings. The fraction of sp³-hybridized carbons (Fsp3) is 0.211. The maximum absolute atomic E-state index is 11.9. The fourth-order valence-corrected chi connectivity index (χ4v) is 2.85. The Morgan fingerprint density at radius 3 is 2.71 bits per heavy atom. The van der Waals surface area contributed by atoms with Gasteiger partial charge >= 0.3 is 5.63 Å². The lowest BCUT2D eigenvalue weighted by molar-refractivity contribution is 0.416. The lowest BCUT2D eigenvalue weighted by atomic mass is 10.0. The van der Waals surface area contributed by atoms with E-state index in [0.29, 0.717) is 22.9 Å². The molecular formula is C19H18ClNO3. The molecule has 1 aromatic heterocycles. The van der Waals surface area contributed by atoms with E-state index in [0.717, 1.165) is 27.8 Å². The van der Waals surface area contributed by atoms with Gasteiger partial charge in [-0.15, -0.1) is 0 Å². The van der Waals surface area contributed by atoms with Crippen molar-refractivity contribution in [3.8, 4) is 5.75 Å². The highest BCUT2D eigenvalue weighted by atomic mass is 35.5. The average molecular weight is 344 g/mol. The standard InChI is InChI=1S/C19H18ClNO3/c1-11-4-6-15-13(8-18(22)24-19(15)12(11)2)10-21-16-9-14(20)5-7-17(16)23-3/h4-9,21H,10H2,1-3H3. The number of anilines is 1. The molecule has 0 aliphatic heterocycles. The van der Waals surface area contributed by atoms with Crippen molar-refractivity contribution in [3.63, 3.8) is 0 Å². The summed E-state index contributed by atoms with van der Waals surface area (Å²) in [5, 5.41) is 4.82. The Kier molecular flexibility index (Phi) is 4.49. The van der Waals surface area contributed by atoms with Crippen LogP contribution in [-0.2, 0) is 6.54 Å². The molecule has 0 amide bonds. The van der Waals surface area contributed by atoms with E-state index in [1.54, 1.807) is 25.3 Å². The number of nitrogens with one attached hydrogen (secondary N) is 1. The van der Waals surface area contributed by atoms with E-state index in [1.807, 2.05) is 26.0 Å². The predicted octanol–water partition coefficient (Wildman–Crippen LogP) is 4.68. The molecule has 24 heavy (non-hydrogen) atoms. The summed E-state index contributed by atoms with van der Waals surface area (Å²) in [4.78, 5) is 11.9. The molecule has 0 atom stereocenters. The van der Waals surface area contributed by atoms with Crippen LogP contribution in [0, 0.1) is 13.8 Å². The lowest BCUT2D eigenvalue weighted by Gasteiger charge is -2.13. The highest BCUT2D eigenvalue weighted by Crippen LogP contribution is 2.29. The second kappa shape index (κ2) is 6.57. The molecule has 0 spiro atoms. The molecule has 1 N–H and O–H groups in total. The van der Waals surface area contributed by atoms with Gasteiger partial charge in [0.05, 0.1) is 12.8 Å². The minimum absolute atomic E-state index is 0.356. The van der Waals surface area contributed by atoms with E-state index in [9.17, 15) is 4.79 Å². The van der Waals surface area contributed by atoms with Crippen LogP contribution in [0.15, 0.2) is 45.6 Å². The summed E-state index contributed by atoms with van der Waals surface area (Å²) >= 11 is 6.05. The minimum Gasteiger partial charge on any atom is -0.495 e. The first kappa shape index (κ1) is 16.4. The van der Waals surface area contributed by atoms with Gasteiger partial charge in [0.15, 0.2) is 0 Å². The van der Waals surface area contributed by atoms with Crippen molar-refractivity contribution in [1.82, 2.24) is 0 Å². The van der Waals surface area contributed by atoms with Crippen molar-refractivity contribution in [2.75, 3.05) is 12.4 Å². The highest BCUT2D eigenvalue weighted by molar-refractivity contribution is 6.30. The summed E-state index contributed by atoms with van der Waals surface area (Å²) < 4.78 is 10.7. The number of fused-ring (bicyclic) bond motifs is 1. The Bertz CT molecular complexity index is 963. The summed E-state index contributed by atoms with van der Waals surface area (Å²) in [6.07, 6.45) is 0. The molecule has 0 aliphatic carbocycles. The third-order valence-electron chi connectivity index (χ3n) is 4.15. The van der Waals surface area contributed by atoms with Crippen molar-refractivity contribution in [2.45, 2.75) is 20.4 Å². The molecule has 3 rings (SSSR count). The summed E-state index contributed by atoms with van der Waals surface area (Å²) in [6.45, 7) is 4.41. The monoisotopic (exact) mass is 343 g/mol. The van der Waals surface area contributed by atoms with Gasteiger partial charge in [-0.3, -0.25) is 0 Å². The van der Waals surface area contributed by atoms with Gasteiger partial charge in [-0.1, -0.05) is 23.7 Å². The number of halogens is 1. The van der Waals surface area contributed by atoms with Crippen molar-refractivity contribution in [3.05, 3.63) is 68.5 Å². The normalized spacial score (nSPS) is 10.8. The van der Waals surface area contributed by atoms with Crippen LogP contribution in [0.1, 0.15) is 16.7 Å². The second-order valence-electron chi connectivity index (χ2n) is 5.67. The smallest absolute Gasteiger partial charge is 0.336 e. The van der Waals surface area contributed by atoms with Crippen LogP contribution < -0.4 is 15.7 Å². The lowest BCUT2D eigenvalue weighted by Crippen LogP contribution is -2.07. The van der Waals surface area contributed by atoms with Crippen LogP contribution in [0.25, 0.3) is 11.0 Å². The molecule has 0 radical (unpaired) electrons. The van der Waals surface area contributed by atoms with E-state index in [4.69, 9.17) is 20.8 Å². The highest BCUT2D eigenvalue weighted by Gasteiger charge is 2.10.